The highest BCUT2D eigenvalue weighted by Gasteiger charge is 2.34. The van der Waals surface area contributed by atoms with Crippen LogP contribution in [-0.4, -0.2) is 18.8 Å². The predicted molar refractivity (Wildman–Crippen MR) is 60.3 cm³/mol. The largest absolute Gasteiger partial charge is 0.374 e. The molecule has 2 unspecified atom stereocenters. The van der Waals surface area contributed by atoms with Gasteiger partial charge in [-0.3, -0.25) is 0 Å². The Morgan fingerprint density at radius 2 is 2.29 bits per heavy atom. The lowest BCUT2D eigenvalue weighted by Gasteiger charge is -2.39. The molecular weight excluding hydrogens is 174 g/mol. The van der Waals surface area contributed by atoms with Gasteiger partial charge in [0, 0.05) is 13.2 Å². The molecule has 0 aromatic rings. The van der Waals surface area contributed by atoms with E-state index in [0.29, 0.717) is 6.54 Å². The molecule has 1 rings (SSSR count). The zero-order chi connectivity index (χ0) is 10.4. The fourth-order valence-electron chi connectivity index (χ4n) is 2.42. The minimum atomic E-state index is 0.0207. The normalized spacial score (nSPS) is 33.2. The summed E-state index contributed by atoms with van der Waals surface area (Å²) < 4.78 is 6.01. The summed E-state index contributed by atoms with van der Waals surface area (Å²) in [5, 5.41) is 0. The van der Waals surface area contributed by atoms with Gasteiger partial charge in [-0.2, -0.15) is 0 Å². The summed E-state index contributed by atoms with van der Waals surface area (Å²) in [5.74, 6) is 0.786. The first-order chi connectivity index (χ1) is 6.72. The van der Waals surface area contributed by atoms with Crippen molar-refractivity contribution in [1.82, 2.24) is 0 Å². The van der Waals surface area contributed by atoms with E-state index in [0.717, 1.165) is 31.8 Å². The van der Waals surface area contributed by atoms with E-state index in [4.69, 9.17) is 10.5 Å². The Bertz CT molecular complexity index is 160. The Morgan fingerprint density at radius 1 is 1.50 bits per heavy atom. The molecule has 1 aliphatic carbocycles. The molecule has 1 saturated carbocycles. The number of rotatable bonds is 5. The molecule has 0 bridgehead atoms. The van der Waals surface area contributed by atoms with Gasteiger partial charge >= 0.3 is 0 Å². The van der Waals surface area contributed by atoms with Gasteiger partial charge in [0.05, 0.1) is 5.60 Å². The van der Waals surface area contributed by atoms with E-state index in [1.807, 2.05) is 0 Å². The maximum Gasteiger partial charge on any atom is 0.0806 e. The lowest BCUT2D eigenvalue weighted by atomic mass is 9.79. The summed E-state index contributed by atoms with van der Waals surface area (Å²) in [4.78, 5) is 0. The molecule has 0 saturated heterocycles. The van der Waals surface area contributed by atoms with Crippen molar-refractivity contribution in [1.29, 1.82) is 0 Å². The van der Waals surface area contributed by atoms with Crippen LogP contribution >= 0.6 is 0 Å². The molecule has 0 aromatic heterocycles. The van der Waals surface area contributed by atoms with Crippen LogP contribution in [0.4, 0.5) is 0 Å². The van der Waals surface area contributed by atoms with Crippen molar-refractivity contribution < 1.29 is 4.74 Å². The summed E-state index contributed by atoms with van der Waals surface area (Å²) in [7, 11) is 0. The van der Waals surface area contributed by atoms with Crippen LogP contribution in [0.5, 0.6) is 0 Å². The maximum absolute atomic E-state index is 6.01. The van der Waals surface area contributed by atoms with Crippen molar-refractivity contribution in [2.45, 2.75) is 58.0 Å². The molecule has 0 radical (unpaired) electrons. The zero-order valence-corrected chi connectivity index (χ0v) is 9.72. The number of ether oxygens (including phenoxy) is 1. The summed E-state index contributed by atoms with van der Waals surface area (Å²) in [6, 6.07) is 0. The second-order valence-electron chi connectivity index (χ2n) is 4.79. The monoisotopic (exact) mass is 199 g/mol. The van der Waals surface area contributed by atoms with Crippen molar-refractivity contribution in [3.8, 4) is 0 Å². The Kier molecular flexibility index (Phi) is 4.90. The standard InChI is InChI=1S/C12H25NO/c1-3-4-8-14-12(10-13)7-5-6-11(2)9-12/h11H,3-10,13H2,1-2H3. The van der Waals surface area contributed by atoms with Crippen molar-refractivity contribution >= 4 is 0 Å². The molecule has 2 N–H and O–H groups in total. The molecular formula is C12H25NO. The molecule has 14 heavy (non-hydrogen) atoms. The minimum absolute atomic E-state index is 0.0207. The van der Waals surface area contributed by atoms with Gasteiger partial charge in [0.1, 0.15) is 0 Å². The van der Waals surface area contributed by atoms with Gasteiger partial charge in [-0.15, -0.1) is 0 Å². The summed E-state index contributed by atoms with van der Waals surface area (Å²) in [5.41, 5.74) is 5.88. The highest BCUT2D eigenvalue weighted by molar-refractivity contribution is 4.87. The van der Waals surface area contributed by atoms with E-state index in [1.54, 1.807) is 0 Å². The lowest BCUT2D eigenvalue weighted by Crippen LogP contribution is -2.44. The highest BCUT2D eigenvalue weighted by atomic mass is 16.5. The Balaban J connectivity index is 2.39. The van der Waals surface area contributed by atoms with E-state index in [2.05, 4.69) is 13.8 Å². The highest BCUT2D eigenvalue weighted by Crippen LogP contribution is 2.34. The van der Waals surface area contributed by atoms with Crippen LogP contribution in [0.1, 0.15) is 52.4 Å². The van der Waals surface area contributed by atoms with Crippen molar-refractivity contribution in [3.05, 3.63) is 0 Å². The van der Waals surface area contributed by atoms with E-state index in [9.17, 15) is 0 Å². The Labute approximate surface area is 88.2 Å². The summed E-state index contributed by atoms with van der Waals surface area (Å²) >= 11 is 0. The quantitative estimate of drug-likeness (QED) is 0.691. The molecule has 84 valence electrons. The van der Waals surface area contributed by atoms with Crippen LogP contribution in [0.3, 0.4) is 0 Å². The predicted octanol–water partition coefficient (Wildman–Crippen LogP) is 2.71. The molecule has 0 aliphatic heterocycles. The van der Waals surface area contributed by atoms with Crippen LogP contribution in [0, 0.1) is 5.92 Å². The SMILES string of the molecule is CCCCOC1(CN)CCCC(C)C1. The third kappa shape index (κ3) is 3.25. The van der Waals surface area contributed by atoms with Crippen molar-refractivity contribution in [3.63, 3.8) is 0 Å². The van der Waals surface area contributed by atoms with Gasteiger partial charge < -0.3 is 10.5 Å². The van der Waals surface area contributed by atoms with Gasteiger partial charge in [-0.25, -0.2) is 0 Å². The lowest BCUT2D eigenvalue weighted by molar-refractivity contribution is -0.0750. The number of unbranched alkanes of at least 4 members (excludes halogenated alkanes) is 1. The summed E-state index contributed by atoms with van der Waals surface area (Å²) in [6.07, 6.45) is 7.32. The fraction of sp³-hybridized carbons (Fsp3) is 1.00. The average molecular weight is 199 g/mol. The maximum atomic E-state index is 6.01. The molecule has 1 fully saturated rings. The van der Waals surface area contributed by atoms with Crippen LogP contribution in [-0.2, 0) is 4.74 Å². The van der Waals surface area contributed by atoms with Gasteiger partial charge in [-0.1, -0.05) is 33.1 Å². The van der Waals surface area contributed by atoms with E-state index in [-0.39, 0.29) is 5.60 Å². The second-order valence-corrected chi connectivity index (χ2v) is 4.79. The van der Waals surface area contributed by atoms with Crippen LogP contribution in [0.15, 0.2) is 0 Å². The molecule has 2 nitrogen and oxygen atoms in total. The average Bonchev–Trinajstić information content (AvgIpc) is 2.18. The van der Waals surface area contributed by atoms with Gasteiger partial charge in [0.25, 0.3) is 0 Å². The topological polar surface area (TPSA) is 35.2 Å². The third-order valence-electron chi connectivity index (χ3n) is 3.33. The molecule has 1 aliphatic rings. The molecule has 2 atom stereocenters. The van der Waals surface area contributed by atoms with Crippen molar-refractivity contribution in [2.75, 3.05) is 13.2 Å². The first kappa shape index (κ1) is 12.0. The Hall–Kier alpha value is -0.0800. The van der Waals surface area contributed by atoms with Crippen molar-refractivity contribution in [2.24, 2.45) is 11.7 Å². The first-order valence-electron chi connectivity index (χ1n) is 6.06. The van der Waals surface area contributed by atoms with E-state index in [1.165, 1.54) is 19.3 Å². The minimum Gasteiger partial charge on any atom is -0.374 e. The third-order valence-corrected chi connectivity index (χ3v) is 3.33. The number of hydrogen-bond acceptors (Lipinski definition) is 2. The van der Waals surface area contributed by atoms with Gasteiger partial charge in [0.2, 0.25) is 0 Å². The Morgan fingerprint density at radius 3 is 2.86 bits per heavy atom. The molecule has 2 heteroatoms. The number of hydrogen-bond donors (Lipinski definition) is 1. The summed E-state index contributed by atoms with van der Waals surface area (Å²) in [6.45, 7) is 6.09. The van der Waals surface area contributed by atoms with Gasteiger partial charge in [-0.05, 0) is 25.2 Å². The molecule has 0 heterocycles. The van der Waals surface area contributed by atoms with E-state index < -0.39 is 0 Å². The van der Waals surface area contributed by atoms with Crippen LogP contribution in [0.25, 0.3) is 0 Å². The first-order valence-corrected chi connectivity index (χ1v) is 6.06. The second kappa shape index (κ2) is 5.72. The molecule has 0 aromatic carbocycles. The van der Waals surface area contributed by atoms with E-state index >= 15 is 0 Å². The number of nitrogens with two attached hydrogens (primary N) is 1. The molecule has 0 amide bonds. The smallest absolute Gasteiger partial charge is 0.0806 e. The zero-order valence-electron chi connectivity index (χ0n) is 9.72. The molecule has 0 spiro atoms. The van der Waals surface area contributed by atoms with Crippen LogP contribution in [0.2, 0.25) is 0 Å². The fourth-order valence-corrected chi connectivity index (χ4v) is 2.42. The van der Waals surface area contributed by atoms with Crippen LogP contribution < -0.4 is 5.73 Å². The van der Waals surface area contributed by atoms with Gasteiger partial charge in [0.15, 0.2) is 0 Å².